The van der Waals surface area contributed by atoms with E-state index in [1.165, 1.54) is 0 Å². The lowest BCUT2D eigenvalue weighted by Gasteiger charge is -1.91. The summed E-state index contributed by atoms with van der Waals surface area (Å²) < 4.78 is 0. The van der Waals surface area contributed by atoms with E-state index in [4.69, 9.17) is 10.8 Å². The summed E-state index contributed by atoms with van der Waals surface area (Å²) in [6.07, 6.45) is 0.0231. The molecule has 0 heterocycles. The molecule has 0 saturated heterocycles. The molecule has 0 rings (SSSR count). The van der Waals surface area contributed by atoms with Crippen LogP contribution in [0.4, 0.5) is 0 Å². The van der Waals surface area contributed by atoms with Gasteiger partial charge < -0.3 is 10.8 Å². The first-order valence-electron chi connectivity index (χ1n) is 1.71. The minimum absolute atomic E-state index is 0. The van der Waals surface area contributed by atoms with E-state index in [-0.39, 0.29) is 17.4 Å². The van der Waals surface area contributed by atoms with E-state index in [2.05, 4.69) is 0 Å². The maximum atomic E-state index is 8.14. The predicted molar refractivity (Wildman–Crippen MR) is 30.4 cm³/mol. The molecule has 0 radical (unpaired) electrons. The van der Waals surface area contributed by atoms with Gasteiger partial charge in [-0.15, -0.1) is 0 Å². The molecule has 1 unspecified atom stereocenters. The molecular formula is C3H12AlNO. The zero-order valence-corrected chi connectivity index (χ0v) is 3.31. The van der Waals surface area contributed by atoms with Gasteiger partial charge in [-0.25, -0.2) is 0 Å². The molecule has 0 spiro atoms. The summed E-state index contributed by atoms with van der Waals surface area (Å²) in [5, 5.41) is 8.14. The topological polar surface area (TPSA) is 46.2 Å². The van der Waals surface area contributed by atoms with Crippen LogP contribution < -0.4 is 5.73 Å². The van der Waals surface area contributed by atoms with Crippen molar-refractivity contribution in [3.8, 4) is 0 Å². The highest BCUT2D eigenvalue weighted by Crippen LogP contribution is 1.72. The number of hydrogen-bond acceptors (Lipinski definition) is 2. The molecule has 0 fully saturated rings. The normalized spacial score (nSPS) is 12.5. The molecule has 0 saturated carbocycles. The Morgan fingerprint density at radius 3 is 2.00 bits per heavy atom. The number of aliphatic hydroxyl groups excluding tert-OH is 1. The highest BCUT2D eigenvalue weighted by atomic mass is 27.0. The molecule has 0 bridgehead atoms. The maximum Gasteiger partial charge on any atom is 0.187 e. The van der Waals surface area contributed by atoms with Crippen LogP contribution in [0.3, 0.4) is 0 Å². The number of hydrogen-bond donors (Lipinski definition) is 2. The van der Waals surface area contributed by atoms with E-state index >= 15 is 0 Å². The fourth-order valence-corrected chi connectivity index (χ4v) is 0. The lowest BCUT2D eigenvalue weighted by Crippen LogP contribution is -2.16. The molecule has 0 aromatic heterocycles. The van der Waals surface area contributed by atoms with E-state index in [9.17, 15) is 0 Å². The highest BCUT2D eigenvalue weighted by Gasteiger charge is 1.81. The van der Waals surface area contributed by atoms with E-state index in [0.717, 1.165) is 0 Å². The third-order valence-corrected chi connectivity index (χ3v) is 0.418. The lowest BCUT2D eigenvalue weighted by molar-refractivity contribution is 0.178. The first kappa shape index (κ1) is 9.68. The molecule has 0 aliphatic carbocycles. The average molecular weight is 105 g/mol. The molecule has 38 valence electrons. The molecule has 6 heavy (non-hydrogen) atoms. The van der Waals surface area contributed by atoms with Crippen molar-refractivity contribution < 1.29 is 5.11 Å². The Kier molecular flexibility index (Phi) is 8.79. The third-order valence-electron chi connectivity index (χ3n) is 0.418. The molecule has 0 aliphatic heterocycles. The summed E-state index contributed by atoms with van der Waals surface area (Å²) in [4.78, 5) is 0. The molecular weight excluding hydrogens is 93.0 g/mol. The van der Waals surface area contributed by atoms with E-state index in [1.807, 2.05) is 6.92 Å². The van der Waals surface area contributed by atoms with Gasteiger partial charge in [-0.3, -0.25) is 0 Å². The van der Waals surface area contributed by atoms with Gasteiger partial charge in [0, 0.05) is 0 Å². The summed E-state index contributed by atoms with van der Waals surface area (Å²) in [5.41, 5.74) is 4.85. The van der Waals surface area contributed by atoms with Crippen LogP contribution in [-0.4, -0.2) is 28.7 Å². The highest BCUT2D eigenvalue weighted by molar-refractivity contribution is 5.75. The Labute approximate surface area is 48.5 Å². The third kappa shape index (κ3) is 8.82. The van der Waals surface area contributed by atoms with Crippen molar-refractivity contribution in [2.24, 2.45) is 5.73 Å². The van der Waals surface area contributed by atoms with Crippen LogP contribution in [0.15, 0.2) is 0 Å². The van der Waals surface area contributed by atoms with E-state index < -0.39 is 6.23 Å². The average Bonchev–Trinajstić information content (AvgIpc) is 1.38. The minimum atomic E-state index is -0.616. The van der Waals surface area contributed by atoms with Gasteiger partial charge in [-0.1, -0.05) is 6.92 Å². The Balaban J connectivity index is 0. The summed E-state index contributed by atoms with van der Waals surface area (Å²) in [6, 6.07) is 0. The van der Waals surface area contributed by atoms with Crippen LogP contribution >= 0.6 is 0 Å². The number of rotatable bonds is 1. The molecule has 1 atom stereocenters. The van der Waals surface area contributed by atoms with Crippen LogP contribution in [0.1, 0.15) is 13.3 Å². The lowest BCUT2D eigenvalue weighted by atomic mass is 10.5. The van der Waals surface area contributed by atoms with Gasteiger partial charge >= 0.3 is 0 Å². The zero-order chi connectivity index (χ0) is 4.28. The number of nitrogens with two attached hydrogens (primary N) is 1. The number of aliphatic hydroxyl groups is 1. The zero-order valence-electron chi connectivity index (χ0n) is 3.31. The van der Waals surface area contributed by atoms with Gasteiger partial charge in [0.25, 0.3) is 0 Å². The monoisotopic (exact) mass is 105 g/mol. The van der Waals surface area contributed by atoms with Crippen molar-refractivity contribution in [1.82, 2.24) is 0 Å². The Morgan fingerprint density at radius 2 is 2.00 bits per heavy atom. The van der Waals surface area contributed by atoms with Crippen molar-refractivity contribution in [1.29, 1.82) is 0 Å². The largest absolute Gasteiger partial charge is 0.379 e. The van der Waals surface area contributed by atoms with E-state index in [0.29, 0.717) is 6.42 Å². The molecule has 0 aromatic carbocycles. The SMILES string of the molecule is CCC(N)O.[AlH3]. The fraction of sp³-hybridized carbons (Fsp3) is 1.00. The van der Waals surface area contributed by atoms with Gasteiger partial charge in [0.2, 0.25) is 0 Å². The van der Waals surface area contributed by atoms with Crippen LogP contribution in [-0.2, 0) is 0 Å². The van der Waals surface area contributed by atoms with Crippen LogP contribution in [0.25, 0.3) is 0 Å². The summed E-state index contributed by atoms with van der Waals surface area (Å²) in [5.74, 6) is 0. The van der Waals surface area contributed by atoms with Gasteiger partial charge in [0.05, 0.1) is 0 Å². The maximum absolute atomic E-state index is 8.14. The summed E-state index contributed by atoms with van der Waals surface area (Å²) in [6.45, 7) is 1.82. The molecule has 0 aromatic rings. The Hall–Kier alpha value is 0.452. The van der Waals surface area contributed by atoms with Crippen molar-refractivity contribution in [2.75, 3.05) is 0 Å². The second-order valence-corrected chi connectivity index (χ2v) is 0.976. The quantitative estimate of drug-likeness (QED) is 0.314. The van der Waals surface area contributed by atoms with Crippen LogP contribution in [0.2, 0.25) is 0 Å². The molecule has 0 amide bonds. The molecule has 3 heteroatoms. The minimum Gasteiger partial charge on any atom is -0.379 e. The summed E-state index contributed by atoms with van der Waals surface area (Å²) in [7, 11) is 0. The summed E-state index contributed by atoms with van der Waals surface area (Å²) >= 11 is 0. The smallest absolute Gasteiger partial charge is 0.187 e. The molecule has 2 nitrogen and oxygen atoms in total. The van der Waals surface area contributed by atoms with Gasteiger partial charge in [0.15, 0.2) is 17.4 Å². The first-order valence-corrected chi connectivity index (χ1v) is 1.71. The standard InChI is InChI=1S/C3H9NO.Al.3H/c1-2-3(4)5;;;;/h3,5H,2,4H2,1H3;;;;. The van der Waals surface area contributed by atoms with Gasteiger partial charge in [-0.05, 0) is 6.42 Å². The second-order valence-electron chi connectivity index (χ2n) is 0.976. The first-order chi connectivity index (χ1) is 2.27. The van der Waals surface area contributed by atoms with Crippen molar-refractivity contribution in [3.05, 3.63) is 0 Å². The van der Waals surface area contributed by atoms with Gasteiger partial charge in [0.1, 0.15) is 6.23 Å². The molecule has 0 aliphatic rings. The van der Waals surface area contributed by atoms with Crippen LogP contribution in [0, 0.1) is 0 Å². The Morgan fingerprint density at radius 1 is 1.83 bits per heavy atom. The predicted octanol–water partition coefficient (Wildman–Crippen LogP) is -1.51. The molecule has 3 N–H and O–H groups in total. The van der Waals surface area contributed by atoms with E-state index in [1.54, 1.807) is 0 Å². The van der Waals surface area contributed by atoms with Crippen molar-refractivity contribution in [2.45, 2.75) is 19.6 Å². The van der Waals surface area contributed by atoms with Gasteiger partial charge in [-0.2, -0.15) is 0 Å². The fourth-order valence-electron chi connectivity index (χ4n) is 0. The van der Waals surface area contributed by atoms with Crippen molar-refractivity contribution >= 4 is 17.4 Å². The van der Waals surface area contributed by atoms with Crippen LogP contribution in [0.5, 0.6) is 0 Å². The Bertz CT molecular complexity index is 24.8. The van der Waals surface area contributed by atoms with Crippen molar-refractivity contribution in [3.63, 3.8) is 0 Å². The second kappa shape index (κ2) is 5.45.